The van der Waals surface area contributed by atoms with Crippen LogP contribution in [-0.2, 0) is 14.9 Å². The topological polar surface area (TPSA) is 67.4 Å². The van der Waals surface area contributed by atoms with Crippen LogP contribution in [0.2, 0.25) is 0 Å². The van der Waals surface area contributed by atoms with E-state index in [0.717, 1.165) is 5.56 Å². The first-order valence-corrected chi connectivity index (χ1v) is 8.19. The highest BCUT2D eigenvalue weighted by atomic mass is 16.5. The average molecular weight is 330 g/mol. The summed E-state index contributed by atoms with van der Waals surface area (Å²) in [6.45, 7) is 11.7. The molecule has 0 bridgehead atoms. The summed E-state index contributed by atoms with van der Waals surface area (Å²) in [5.41, 5.74) is 3.05. The maximum atomic E-state index is 12.5. The smallest absolute Gasteiger partial charge is 0.338 e. The lowest BCUT2D eigenvalue weighted by molar-refractivity contribution is -0.143. The molecule has 1 aliphatic rings. The Morgan fingerprint density at radius 3 is 2.25 bits per heavy atom. The molecule has 0 aliphatic carbocycles. The number of benzene rings is 1. The van der Waals surface area contributed by atoms with E-state index in [4.69, 9.17) is 4.74 Å². The molecule has 0 fully saturated rings. The summed E-state index contributed by atoms with van der Waals surface area (Å²) in [5, 5.41) is 5.46. The number of rotatable bonds is 3. The molecule has 130 valence electrons. The van der Waals surface area contributed by atoms with Crippen molar-refractivity contribution in [1.82, 2.24) is 10.6 Å². The van der Waals surface area contributed by atoms with Gasteiger partial charge in [0.05, 0.1) is 17.7 Å². The third-order valence-corrected chi connectivity index (χ3v) is 3.94. The van der Waals surface area contributed by atoms with Crippen molar-refractivity contribution in [3.05, 3.63) is 46.7 Å². The number of hydrogen-bond donors (Lipinski definition) is 2. The van der Waals surface area contributed by atoms with Gasteiger partial charge in [-0.1, -0.05) is 45.0 Å². The SMILES string of the molecule is CC1=C(C(=O)OC(C)C)[C@H](c2ccc(C(C)(C)C)cc2)NC(=O)N1. The Hall–Kier alpha value is -2.30. The number of carbonyl (C=O) groups is 2. The van der Waals surface area contributed by atoms with Crippen molar-refractivity contribution < 1.29 is 14.3 Å². The highest BCUT2D eigenvalue weighted by Gasteiger charge is 2.32. The average Bonchev–Trinajstić information content (AvgIpc) is 2.44. The molecule has 1 aliphatic heterocycles. The van der Waals surface area contributed by atoms with Gasteiger partial charge < -0.3 is 15.4 Å². The van der Waals surface area contributed by atoms with E-state index in [0.29, 0.717) is 11.3 Å². The van der Waals surface area contributed by atoms with Gasteiger partial charge in [0.25, 0.3) is 0 Å². The number of allylic oxidation sites excluding steroid dienone is 1. The highest BCUT2D eigenvalue weighted by molar-refractivity contribution is 5.95. The predicted molar refractivity (Wildman–Crippen MR) is 93.5 cm³/mol. The lowest BCUT2D eigenvalue weighted by Gasteiger charge is -2.29. The second-order valence-electron chi connectivity index (χ2n) is 7.40. The molecule has 1 aromatic rings. The Balaban J connectivity index is 2.39. The Bertz CT molecular complexity index is 667. The van der Waals surface area contributed by atoms with Gasteiger partial charge in [0.15, 0.2) is 0 Å². The van der Waals surface area contributed by atoms with Crippen LogP contribution in [0.1, 0.15) is 58.7 Å². The van der Waals surface area contributed by atoms with Gasteiger partial charge in [-0.15, -0.1) is 0 Å². The van der Waals surface area contributed by atoms with Crippen molar-refractivity contribution in [2.75, 3.05) is 0 Å². The van der Waals surface area contributed by atoms with Crippen LogP contribution in [0, 0.1) is 0 Å². The molecule has 2 N–H and O–H groups in total. The number of amides is 2. The molecule has 0 unspecified atom stereocenters. The first-order valence-electron chi connectivity index (χ1n) is 8.19. The van der Waals surface area contributed by atoms with Crippen LogP contribution in [0.4, 0.5) is 4.79 Å². The van der Waals surface area contributed by atoms with Gasteiger partial charge in [-0.05, 0) is 37.3 Å². The predicted octanol–water partition coefficient (Wildman–Crippen LogP) is 3.56. The first-order chi connectivity index (χ1) is 11.1. The third-order valence-electron chi connectivity index (χ3n) is 3.94. The van der Waals surface area contributed by atoms with Crippen LogP contribution in [0.15, 0.2) is 35.5 Å². The molecule has 5 nitrogen and oxygen atoms in total. The van der Waals surface area contributed by atoms with E-state index in [1.54, 1.807) is 20.8 Å². The lowest BCUT2D eigenvalue weighted by atomic mass is 9.85. The summed E-state index contributed by atoms with van der Waals surface area (Å²) in [6, 6.07) is 7.13. The number of hydrogen-bond acceptors (Lipinski definition) is 3. The van der Waals surface area contributed by atoms with Crippen LogP contribution in [0.5, 0.6) is 0 Å². The largest absolute Gasteiger partial charge is 0.459 e. The molecule has 2 amide bonds. The fourth-order valence-electron chi connectivity index (χ4n) is 2.67. The molecule has 5 heteroatoms. The van der Waals surface area contributed by atoms with E-state index in [1.165, 1.54) is 5.56 Å². The van der Waals surface area contributed by atoms with Crippen molar-refractivity contribution in [2.45, 2.75) is 59.1 Å². The zero-order valence-electron chi connectivity index (χ0n) is 15.2. The first kappa shape index (κ1) is 18.0. The maximum absolute atomic E-state index is 12.5. The van der Waals surface area contributed by atoms with E-state index >= 15 is 0 Å². The molecule has 1 heterocycles. The fraction of sp³-hybridized carbons (Fsp3) is 0.474. The standard InChI is InChI=1S/C19H26N2O3/c1-11(2)24-17(22)15-12(3)20-18(23)21-16(15)13-7-9-14(10-8-13)19(4,5)6/h7-11,16H,1-6H3,(H2,20,21,23)/t16-/m0/s1. The van der Waals surface area contributed by atoms with Gasteiger partial charge in [-0.25, -0.2) is 9.59 Å². The number of esters is 1. The molecule has 24 heavy (non-hydrogen) atoms. The van der Waals surface area contributed by atoms with Crippen molar-refractivity contribution in [1.29, 1.82) is 0 Å². The molecule has 2 rings (SSSR count). The lowest BCUT2D eigenvalue weighted by Crippen LogP contribution is -2.45. The van der Waals surface area contributed by atoms with Gasteiger partial charge in [-0.3, -0.25) is 0 Å². The monoisotopic (exact) mass is 330 g/mol. The number of carbonyl (C=O) groups excluding carboxylic acids is 2. The highest BCUT2D eigenvalue weighted by Crippen LogP contribution is 2.30. The summed E-state index contributed by atoms with van der Waals surface area (Å²) in [6.07, 6.45) is -0.223. The van der Waals surface area contributed by atoms with E-state index in [1.807, 2.05) is 24.3 Å². The molecule has 1 aromatic carbocycles. The van der Waals surface area contributed by atoms with Crippen LogP contribution in [0.25, 0.3) is 0 Å². The van der Waals surface area contributed by atoms with Crippen molar-refractivity contribution >= 4 is 12.0 Å². The normalized spacial score (nSPS) is 18.3. The molecule has 0 saturated carbocycles. The van der Waals surface area contributed by atoms with Gasteiger partial charge in [0, 0.05) is 5.70 Å². The van der Waals surface area contributed by atoms with Crippen molar-refractivity contribution in [3.63, 3.8) is 0 Å². The molecule has 0 aromatic heterocycles. The zero-order valence-corrected chi connectivity index (χ0v) is 15.2. The van der Waals surface area contributed by atoms with Crippen LogP contribution in [0.3, 0.4) is 0 Å². The summed E-state index contributed by atoms with van der Waals surface area (Å²) in [4.78, 5) is 24.3. The summed E-state index contributed by atoms with van der Waals surface area (Å²) in [7, 11) is 0. The number of ether oxygens (including phenoxy) is 1. The second kappa shape index (κ2) is 6.67. The van der Waals surface area contributed by atoms with Crippen LogP contribution < -0.4 is 10.6 Å². The van der Waals surface area contributed by atoms with Crippen LogP contribution in [-0.4, -0.2) is 18.1 Å². The van der Waals surface area contributed by atoms with E-state index < -0.39 is 12.0 Å². The Morgan fingerprint density at radius 2 is 1.75 bits per heavy atom. The minimum absolute atomic E-state index is 0.0427. The molecule has 0 saturated heterocycles. The molecular formula is C19H26N2O3. The molecule has 1 atom stereocenters. The Labute approximate surface area is 143 Å². The van der Waals surface area contributed by atoms with Gasteiger partial charge >= 0.3 is 12.0 Å². The van der Waals surface area contributed by atoms with Crippen molar-refractivity contribution in [3.8, 4) is 0 Å². The maximum Gasteiger partial charge on any atom is 0.338 e. The molecule has 0 radical (unpaired) electrons. The minimum Gasteiger partial charge on any atom is -0.459 e. The Kier molecular flexibility index (Phi) is 5.02. The summed E-state index contributed by atoms with van der Waals surface area (Å²) >= 11 is 0. The zero-order chi connectivity index (χ0) is 18.1. The second-order valence-corrected chi connectivity index (χ2v) is 7.40. The van der Waals surface area contributed by atoms with Crippen molar-refractivity contribution in [2.24, 2.45) is 0 Å². The quantitative estimate of drug-likeness (QED) is 0.833. The van der Waals surface area contributed by atoms with Gasteiger partial charge in [0.1, 0.15) is 0 Å². The summed E-state index contributed by atoms with van der Waals surface area (Å²) < 4.78 is 5.34. The van der Waals surface area contributed by atoms with Crippen LogP contribution >= 0.6 is 0 Å². The van der Waals surface area contributed by atoms with E-state index in [-0.39, 0.29) is 17.6 Å². The van der Waals surface area contributed by atoms with E-state index in [2.05, 4.69) is 31.4 Å². The molecule has 0 spiro atoms. The molecular weight excluding hydrogens is 304 g/mol. The number of urea groups is 1. The number of nitrogens with one attached hydrogen (secondary N) is 2. The van der Waals surface area contributed by atoms with Gasteiger partial charge in [-0.2, -0.15) is 0 Å². The fourth-order valence-corrected chi connectivity index (χ4v) is 2.67. The Morgan fingerprint density at radius 1 is 1.17 bits per heavy atom. The van der Waals surface area contributed by atoms with Gasteiger partial charge in [0.2, 0.25) is 0 Å². The third kappa shape index (κ3) is 3.96. The summed E-state index contributed by atoms with van der Waals surface area (Å²) in [5.74, 6) is -0.417. The van der Waals surface area contributed by atoms with E-state index in [9.17, 15) is 9.59 Å². The minimum atomic E-state index is -0.515.